The Morgan fingerprint density at radius 3 is 2.53 bits per heavy atom. The maximum absolute atomic E-state index is 11.8. The first kappa shape index (κ1) is 11.9. The molecule has 0 spiro atoms. The molecule has 1 amide bonds. The van der Waals surface area contributed by atoms with E-state index in [-0.39, 0.29) is 18.2 Å². The number of nitrogens with zero attached hydrogens (tertiary/aromatic N) is 1. The number of amides is 1. The van der Waals surface area contributed by atoms with Crippen molar-refractivity contribution in [2.45, 2.75) is 58.2 Å². The van der Waals surface area contributed by atoms with Crippen molar-refractivity contribution in [3.8, 4) is 12.3 Å². The number of likely N-dealkylation sites (tertiary alicyclic amines) is 1. The normalized spacial score (nSPS) is 26.2. The summed E-state index contributed by atoms with van der Waals surface area (Å²) < 4.78 is 5.32. The molecule has 3 nitrogen and oxygen atoms in total. The highest BCUT2D eigenvalue weighted by atomic mass is 16.6. The van der Waals surface area contributed by atoms with Crippen LogP contribution in [0.4, 0.5) is 4.79 Å². The van der Waals surface area contributed by atoms with Gasteiger partial charge in [-0.2, -0.15) is 0 Å². The van der Waals surface area contributed by atoms with E-state index >= 15 is 0 Å². The Balaban J connectivity index is 2.70. The highest BCUT2D eigenvalue weighted by Gasteiger charge is 2.35. The predicted octanol–water partition coefficient (Wildman–Crippen LogP) is 2.41. The van der Waals surface area contributed by atoms with Crippen LogP contribution in [0.5, 0.6) is 0 Å². The molecule has 0 aliphatic carbocycles. The van der Waals surface area contributed by atoms with Crippen LogP contribution in [0.2, 0.25) is 0 Å². The molecule has 0 bridgehead atoms. The van der Waals surface area contributed by atoms with Crippen LogP contribution in [0.15, 0.2) is 0 Å². The van der Waals surface area contributed by atoms with Crippen LogP contribution in [0, 0.1) is 12.3 Å². The minimum absolute atomic E-state index is 0.102. The molecule has 0 aromatic carbocycles. The molecule has 0 saturated carbocycles. The van der Waals surface area contributed by atoms with E-state index in [1.54, 1.807) is 4.90 Å². The lowest BCUT2D eigenvalue weighted by Gasteiger charge is -2.29. The van der Waals surface area contributed by atoms with Crippen LogP contribution in [0.3, 0.4) is 0 Å². The van der Waals surface area contributed by atoms with Crippen LogP contribution in [0.1, 0.15) is 40.5 Å². The van der Waals surface area contributed by atoms with Crippen molar-refractivity contribution in [2.24, 2.45) is 0 Å². The van der Waals surface area contributed by atoms with Crippen molar-refractivity contribution >= 4 is 6.09 Å². The molecule has 0 aromatic heterocycles. The van der Waals surface area contributed by atoms with Crippen molar-refractivity contribution in [3.63, 3.8) is 0 Å². The molecule has 84 valence electrons. The minimum Gasteiger partial charge on any atom is -0.444 e. The van der Waals surface area contributed by atoms with Gasteiger partial charge < -0.3 is 4.74 Å². The van der Waals surface area contributed by atoms with Crippen molar-refractivity contribution in [2.75, 3.05) is 0 Å². The topological polar surface area (TPSA) is 29.5 Å². The predicted molar refractivity (Wildman–Crippen MR) is 59.4 cm³/mol. The molecule has 1 saturated heterocycles. The zero-order chi connectivity index (χ0) is 11.6. The van der Waals surface area contributed by atoms with Gasteiger partial charge in [-0.25, -0.2) is 4.79 Å². The third-order valence-electron chi connectivity index (χ3n) is 2.47. The minimum atomic E-state index is -0.460. The van der Waals surface area contributed by atoms with E-state index in [1.807, 2.05) is 27.7 Å². The zero-order valence-electron chi connectivity index (χ0n) is 9.91. The first-order valence-corrected chi connectivity index (χ1v) is 5.32. The zero-order valence-corrected chi connectivity index (χ0v) is 9.91. The average molecular weight is 209 g/mol. The van der Waals surface area contributed by atoms with Crippen LogP contribution < -0.4 is 0 Å². The molecular formula is C12H19NO2. The molecule has 1 rings (SSSR count). The Morgan fingerprint density at radius 1 is 1.47 bits per heavy atom. The molecule has 1 aliphatic rings. The molecular weight excluding hydrogens is 190 g/mol. The second kappa shape index (κ2) is 4.14. The number of hydrogen-bond donors (Lipinski definition) is 0. The smallest absolute Gasteiger partial charge is 0.411 e. The lowest BCUT2D eigenvalue weighted by atomic mass is 10.2. The summed E-state index contributed by atoms with van der Waals surface area (Å²) in [5.41, 5.74) is -0.460. The van der Waals surface area contributed by atoms with Gasteiger partial charge in [0, 0.05) is 6.04 Å². The molecule has 1 heterocycles. The van der Waals surface area contributed by atoms with E-state index in [9.17, 15) is 4.79 Å². The van der Waals surface area contributed by atoms with Crippen LogP contribution in [-0.2, 0) is 4.74 Å². The quantitative estimate of drug-likeness (QED) is 0.573. The van der Waals surface area contributed by atoms with E-state index in [0.29, 0.717) is 0 Å². The summed E-state index contributed by atoms with van der Waals surface area (Å²) in [6.07, 6.45) is 6.92. The Kier molecular flexibility index (Phi) is 3.28. The molecule has 2 atom stereocenters. The second-order valence-electron chi connectivity index (χ2n) is 5.00. The lowest BCUT2D eigenvalue weighted by Crippen LogP contribution is -2.42. The number of terminal acetylenes is 1. The molecule has 0 unspecified atom stereocenters. The molecule has 0 N–H and O–H groups in total. The molecule has 15 heavy (non-hydrogen) atoms. The Bertz CT molecular complexity index is 285. The summed E-state index contributed by atoms with van der Waals surface area (Å²) in [4.78, 5) is 13.5. The number of ether oxygens (including phenoxy) is 1. The highest BCUT2D eigenvalue weighted by molar-refractivity contribution is 5.70. The number of rotatable bonds is 0. The van der Waals surface area contributed by atoms with E-state index in [1.165, 1.54) is 0 Å². The van der Waals surface area contributed by atoms with E-state index in [4.69, 9.17) is 11.2 Å². The van der Waals surface area contributed by atoms with Gasteiger partial charge >= 0.3 is 6.09 Å². The highest BCUT2D eigenvalue weighted by Crippen LogP contribution is 2.25. The van der Waals surface area contributed by atoms with Gasteiger partial charge in [-0.05, 0) is 40.5 Å². The van der Waals surface area contributed by atoms with Crippen molar-refractivity contribution in [1.82, 2.24) is 4.90 Å². The van der Waals surface area contributed by atoms with Crippen molar-refractivity contribution in [3.05, 3.63) is 0 Å². The van der Waals surface area contributed by atoms with Gasteiger partial charge in [-0.15, -0.1) is 6.42 Å². The van der Waals surface area contributed by atoms with Gasteiger partial charge in [0.25, 0.3) is 0 Å². The number of carbonyl (C=O) groups excluding carboxylic acids is 1. The standard InChI is InChI=1S/C12H19NO2/c1-6-10-8-7-9(2)13(10)11(14)15-12(3,4)5/h1,9-10H,7-8H2,2-5H3/t9-,10+/m0/s1. The Morgan fingerprint density at radius 2 is 2.07 bits per heavy atom. The van der Waals surface area contributed by atoms with Crippen molar-refractivity contribution < 1.29 is 9.53 Å². The fourth-order valence-corrected chi connectivity index (χ4v) is 1.77. The second-order valence-corrected chi connectivity index (χ2v) is 5.00. The first-order valence-electron chi connectivity index (χ1n) is 5.32. The number of hydrogen-bond acceptors (Lipinski definition) is 2. The Labute approximate surface area is 91.8 Å². The van der Waals surface area contributed by atoms with Crippen molar-refractivity contribution in [1.29, 1.82) is 0 Å². The van der Waals surface area contributed by atoms with E-state index < -0.39 is 5.60 Å². The SMILES string of the molecule is C#C[C@@H]1CC[C@H](C)N1C(=O)OC(C)(C)C. The van der Waals surface area contributed by atoms with Gasteiger partial charge in [-0.3, -0.25) is 4.90 Å². The van der Waals surface area contributed by atoms with Gasteiger partial charge in [0.2, 0.25) is 0 Å². The van der Waals surface area contributed by atoms with Gasteiger partial charge in [0.1, 0.15) is 5.60 Å². The third-order valence-corrected chi connectivity index (χ3v) is 2.47. The molecule has 3 heteroatoms. The summed E-state index contributed by atoms with van der Waals surface area (Å²) in [5, 5.41) is 0. The number of carbonyl (C=O) groups is 1. The van der Waals surface area contributed by atoms with E-state index in [2.05, 4.69) is 5.92 Å². The van der Waals surface area contributed by atoms with Gasteiger partial charge in [0.05, 0.1) is 6.04 Å². The molecule has 0 aromatic rings. The summed E-state index contributed by atoms with van der Waals surface area (Å²) in [5.74, 6) is 2.64. The van der Waals surface area contributed by atoms with Gasteiger partial charge in [0.15, 0.2) is 0 Å². The summed E-state index contributed by atoms with van der Waals surface area (Å²) in [7, 11) is 0. The van der Waals surface area contributed by atoms with E-state index in [0.717, 1.165) is 12.8 Å². The third kappa shape index (κ3) is 2.89. The fourth-order valence-electron chi connectivity index (χ4n) is 1.77. The summed E-state index contributed by atoms with van der Waals surface area (Å²) in [6.45, 7) is 7.57. The molecule has 1 aliphatic heterocycles. The van der Waals surface area contributed by atoms with Crippen LogP contribution >= 0.6 is 0 Å². The molecule has 0 radical (unpaired) electrons. The first-order chi connectivity index (χ1) is 6.85. The average Bonchev–Trinajstić information content (AvgIpc) is 2.43. The lowest BCUT2D eigenvalue weighted by molar-refractivity contribution is 0.0200. The largest absolute Gasteiger partial charge is 0.444 e. The molecule has 1 fully saturated rings. The fraction of sp³-hybridized carbons (Fsp3) is 0.750. The maximum atomic E-state index is 11.8. The van der Waals surface area contributed by atoms with Crippen LogP contribution in [0.25, 0.3) is 0 Å². The van der Waals surface area contributed by atoms with Gasteiger partial charge in [-0.1, -0.05) is 5.92 Å². The summed E-state index contributed by atoms with van der Waals surface area (Å²) >= 11 is 0. The maximum Gasteiger partial charge on any atom is 0.411 e. The Hall–Kier alpha value is -1.17. The monoisotopic (exact) mass is 209 g/mol. The van der Waals surface area contributed by atoms with Crippen LogP contribution in [-0.4, -0.2) is 28.7 Å². The summed E-state index contributed by atoms with van der Waals surface area (Å²) in [6, 6.07) is 0.0794.